The first-order chi connectivity index (χ1) is 14.1. The van der Waals surface area contributed by atoms with Crippen molar-refractivity contribution in [2.75, 3.05) is 12.9 Å². The number of hydrazine groups is 1. The fraction of sp³-hybridized carbons (Fsp3) is 0.381. The zero-order valence-corrected chi connectivity index (χ0v) is 17.8. The summed E-state index contributed by atoms with van der Waals surface area (Å²) in [5, 5.41) is 3.87. The maximum Gasteiger partial charge on any atom is 0.231 e. The molecule has 0 spiro atoms. The van der Waals surface area contributed by atoms with E-state index in [0.717, 1.165) is 11.1 Å². The van der Waals surface area contributed by atoms with E-state index in [0.29, 0.717) is 28.9 Å². The van der Waals surface area contributed by atoms with Gasteiger partial charge in [0.15, 0.2) is 11.5 Å². The zero-order valence-electron chi connectivity index (χ0n) is 16.3. The predicted octanol–water partition coefficient (Wildman–Crippen LogP) is 3.27. The zero-order chi connectivity index (χ0) is 20.4. The fourth-order valence-corrected chi connectivity index (χ4v) is 5.39. The Labute approximate surface area is 179 Å². The molecular formula is C21H24ClN3O3S. The van der Waals surface area contributed by atoms with Gasteiger partial charge in [-0.05, 0) is 30.7 Å². The van der Waals surface area contributed by atoms with Gasteiger partial charge in [-0.25, -0.2) is 5.43 Å². The van der Waals surface area contributed by atoms with E-state index in [1.165, 1.54) is 0 Å². The summed E-state index contributed by atoms with van der Waals surface area (Å²) < 4.78 is 11.6. The van der Waals surface area contributed by atoms with Crippen LogP contribution in [0.1, 0.15) is 23.3 Å². The first kappa shape index (κ1) is 20.3. The second-order valence-electron chi connectivity index (χ2n) is 7.22. The Balaban J connectivity index is 1.57. The van der Waals surface area contributed by atoms with E-state index in [9.17, 15) is 4.79 Å². The fourth-order valence-electron chi connectivity index (χ4n) is 3.83. The number of thioether (sulfide) groups is 1. The molecule has 2 aliphatic heterocycles. The number of amides is 1. The van der Waals surface area contributed by atoms with Crippen molar-refractivity contribution in [1.29, 1.82) is 0 Å². The van der Waals surface area contributed by atoms with Crippen molar-refractivity contribution in [2.45, 2.75) is 31.0 Å². The van der Waals surface area contributed by atoms with Gasteiger partial charge in [-0.2, -0.15) is 0 Å². The number of methoxy groups -OCH3 is 1. The lowest BCUT2D eigenvalue weighted by Crippen LogP contribution is -2.46. The average molecular weight is 434 g/mol. The van der Waals surface area contributed by atoms with Crippen LogP contribution in [0.3, 0.4) is 0 Å². The van der Waals surface area contributed by atoms with Gasteiger partial charge in [-0.15, -0.1) is 11.8 Å². The second-order valence-corrected chi connectivity index (χ2v) is 8.76. The number of ether oxygens (including phenoxy) is 2. The number of halogens is 1. The van der Waals surface area contributed by atoms with Crippen LogP contribution in [0.5, 0.6) is 11.5 Å². The molecule has 2 aromatic carbocycles. The van der Waals surface area contributed by atoms with Crippen LogP contribution in [0.4, 0.5) is 0 Å². The molecular weight excluding hydrogens is 410 g/mol. The molecule has 2 aliphatic rings. The summed E-state index contributed by atoms with van der Waals surface area (Å²) in [5.41, 5.74) is 8.48. The van der Waals surface area contributed by atoms with Crippen molar-refractivity contribution in [2.24, 2.45) is 5.92 Å². The number of carbonyl (C=O) groups is 1. The minimum absolute atomic E-state index is 0.0440. The van der Waals surface area contributed by atoms with Gasteiger partial charge in [0.05, 0.1) is 19.0 Å². The lowest BCUT2D eigenvalue weighted by molar-refractivity contribution is -0.119. The number of rotatable bonds is 5. The van der Waals surface area contributed by atoms with Crippen molar-refractivity contribution in [1.82, 2.24) is 16.2 Å². The van der Waals surface area contributed by atoms with Crippen LogP contribution in [-0.2, 0) is 11.4 Å². The lowest BCUT2D eigenvalue weighted by Gasteiger charge is -2.27. The largest absolute Gasteiger partial charge is 0.493 e. The first-order valence-corrected chi connectivity index (χ1v) is 11.0. The minimum Gasteiger partial charge on any atom is -0.493 e. The summed E-state index contributed by atoms with van der Waals surface area (Å²) in [4.78, 5) is 12.1. The van der Waals surface area contributed by atoms with E-state index in [4.69, 9.17) is 21.1 Å². The summed E-state index contributed by atoms with van der Waals surface area (Å²) in [5.74, 6) is 2.02. The van der Waals surface area contributed by atoms with Crippen LogP contribution in [0.2, 0.25) is 5.02 Å². The Morgan fingerprint density at radius 3 is 2.79 bits per heavy atom. The highest BCUT2D eigenvalue weighted by Gasteiger charge is 2.42. The molecule has 29 heavy (non-hydrogen) atoms. The van der Waals surface area contributed by atoms with Gasteiger partial charge in [0, 0.05) is 27.8 Å². The molecule has 2 heterocycles. The molecule has 154 valence electrons. The standard InChI is InChI=1S/C21H24ClN3O3S/c1-12-19-20(29-11-18(26)23-21(19)25-24-12)13-7-8-16(17(9-13)27-2)28-10-14-5-3-4-6-15(14)22/h3-9,12,19-21,24-25H,10-11H2,1-2H3,(H,23,26). The Kier molecular flexibility index (Phi) is 6.20. The number of nitrogens with one attached hydrogen (secondary N) is 3. The van der Waals surface area contributed by atoms with Crippen molar-refractivity contribution in [3.05, 3.63) is 58.6 Å². The van der Waals surface area contributed by atoms with E-state index >= 15 is 0 Å². The van der Waals surface area contributed by atoms with E-state index in [2.05, 4.69) is 29.2 Å². The third-order valence-electron chi connectivity index (χ3n) is 5.35. The number of fused-ring (bicyclic) bond motifs is 1. The third-order valence-corrected chi connectivity index (χ3v) is 7.09. The summed E-state index contributed by atoms with van der Waals surface area (Å²) in [7, 11) is 1.64. The molecule has 2 saturated heterocycles. The lowest BCUT2D eigenvalue weighted by atomic mass is 9.91. The Morgan fingerprint density at radius 1 is 1.17 bits per heavy atom. The van der Waals surface area contributed by atoms with Gasteiger partial charge < -0.3 is 14.8 Å². The highest BCUT2D eigenvalue weighted by atomic mass is 35.5. The smallest absolute Gasteiger partial charge is 0.231 e. The Morgan fingerprint density at radius 2 is 2.00 bits per heavy atom. The molecule has 0 radical (unpaired) electrons. The van der Waals surface area contributed by atoms with Crippen LogP contribution in [0.25, 0.3) is 0 Å². The molecule has 2 aromatic rings. The molecule has 2 fully saturated rings. The summed E-state index contributed by atoms with van der Waals surface area (Å²) in [6, 6.07) is 13.8. The van der Waals surface area contributed by atoms with E-state index in [-0.39, 0.29) is 29.3 Å². The molecule has 4 rings (SSSR count). The molecule has 8 heteroatoms. The van der Waals surface area contributed by atoms with E-state index < -0.39 is 0 Å². The number of hydrogen-bond acceptors (Lipinski definition) is 6. The van der Waals surface area contributed by atoms with Gasteiger partial charge in [-0.1, -0.05) is 35.9 Å². The number of carbonyl (C=O) groups excluding carboxylic acids is 1. The highest BCUT2D eigenvalue weighted by Crippen LogP contribution is 2.44. The summed E-state index contributed by atoms with van der Waals surface area (Å²) in [6.07, 6.45) is -0.0976. The highest BCUT2D eigenvalue weighted by molar-refractivity contribution is 8.00. The summed E-state index contributed by atoms with van der Waals surface area (Å²) in [6.45, 7) is 2.49. The molecule has 0 aromatic heterocycles. The van der Waals surface area contributed by atoms with Crippen LogP contribution >= 0.6 is 23.4 Å². The van der Waals surface area contributed by atoms with Gasteiger partial charge in [-0.3, -0.25) is 10.2 Å². The van der Waals surface area contributed by atoms with Crippen molar-refractivity contribution < 1.29 is 14.3 Å². The number of hydrogen-bond donors (Lipinski definition) is 3. The molecule has 0 bridgehead atoms. The van der Waals surface area contributed by atoms with Crippen molar-refractivity contribution in [3.63, 3.8) is 0 Å². The second kappa shape index (κ2) is 8.83. The van der Waals surface area contributed by atoms with Crippen LogP contribution in [0, 0.1) is 5.92 Å². The monoisotopic (exact) mass is 433 g/mol. The molecule has 4 unspecified atom stereocenters. The number of benzene rings is 2. The van der Waals surface area contributed by atoms with Crippen molar-refractivity contribution in [3.8, 4) is 11.5 Å². The normalized spacial score (nSPS) is 26.4. The summed E-state index contributed by atoms with van der Waals surface area (Å²) >= 11 is 7.88. The van der Waals surface area contributed by atoms with Gasteiger partial charge in [0.1, 0.15) is 6.61 Å². The predicted molar refractivity (Wildman–Crippen MR) is 115 cm³/mol. The maximum absolute atomic E-state index is 12.1. The van der Waals surface area contributed by atoms with Gasteiger partial charge in [0.2, 0.25) is 5.91 Å². The first-order valence-electron chi connectivity index (χ1n) is 9.53. The molecule has 0 aliphatic carbocycles. The van der Waals surface area contributed by atoms with Crippen LogP contribution < -0.4 is 25.6 Å². The van der Waals surface area contributed by atoms with Gasteiger partial charge in [0.25, 0.3) is 0 Å². The van der Waals surface area contributed by atoms with Crippen molar-refractivity contribution >= 4 is 29.3 Å². The molecule has 0 saturated carbocycles. The molecule has 3 N–H and O–H groups in total. The Hall–Kier alpha value is -1.93. The minimum atomic E-state index is -0.0976. The van der Waals surface area contributed by atoms with Gasteiger partial charge >= 0.3 is 0 Å². The molecule has 4 atom stereocenters. The molecule has 1 amide bonds. The van der Waals surface area contributed by atoms with Crippen LogP contribution in [-0.4, -0.2) is 31.0 Å². The van der Waals surface area contributed by atoms with E-state index in [1.54, 1.807) is 18.9 Å². The Bertz CT molecular complexity index is 897. The maximum atomic E-state index is 12.1. The average Bonchev–Trinajstić information content (AvgIpc) is 2.98. The quantitative estimate of drug-likeness (QED) is 0.672. The molecule has 6 nitrogen and oxygen atoms in total. The third kappa shape index (κ3) is 4.33. The topological polar surface area (TPSA) is 71.6 Å². The SMILES string of the molecule is COc1cc(C2SCC(=O)NC3NNC(C)C32)ccc1OCc1ccccc1Cl. The van der Waals surface area contributed by atoms with E-state index in [1.807, 2.05) is 36.4 Å². The van der Waals surface area contributed by atoms with Crippen LogP contribution in [0.15, 0.2) is 42.5 Å².